The van der Waals surface area contributed by atoms with Crippen LogP contribution in [0.2, 0.25) is 0 Å². The van der Waals surface area contributed by atoms with Gasteiger partial charge in [-0.25, -0.2) is 4.79 Å². The van der Waals surface area contributed by atoms with E-state index >= 15 is 0 Å². The van der Waals surface area contributed by atoms with Gasteiger partial charge in [0.1, 0.15) is 0 Å². The lowest BCUT2D eigenvalue weighted by molar-refractivity contribution is -0.121. The van der Waals surface area contributed by atoms with Gasteiger partial charge in [0, 0.05) is 25.3 Å². The highest BCUT2D eigenvalue weighted by Gasteiger charge is 2.11. The molecule has 26 heavy (non-hydrogen) atoms. The molecule has 0 bridgehead atoms. The van der Waals surface area contributed by atoms with Gasteiger partial charge in [0.05, 0.1) is 5.56 Å². The van der Waals surface area contributed by atoms with Crippen molar-refractivity contribution in [2.24, 2.45) is 10.2 Å². The van der Waals surface area contributed by atoms with Crippen LogP contribution in [0.1, 0.15) is 26.3 Å². The number of nitrogens with zero attached hydrogens (tertiary/aromatic N) is 3. The monoisotopic (exact) mass is 353 g/mol. The van der Waals surface area contributed by atoms with Crippen molar-refractivity contribution in [3.8, 4) is 0 Å². The molecule has 0 fully saturated rings. The molecule has 7 heteroatoms. The number of aryl methyl sites for hydroxylation is 1. The van der Waals surface area contributed by atoms with Crippen molar-refractivity contribution < 1.29 is 19.1 Å². The lowest BCUT2D eigenvalue weighted by Gasteiger charge is -2.12. The summed E-state index contributed by atoms with van der Waals surface area (Å²) in [6, 6.07) is 13.5. The third kappa shape index (κ3) is 5.34. The lowest BCUT2D eigenvalue weighted by Crippen LogP contribution is -2.13. The molecule has 0 aromatic heterocycles. The first-order valence-corrected chi connectivity index (χ1v) is 7.87. The van der Waals surface area contributed by atoms with Crippen molar-refractivity contribution in [2.75, 3.05) is 25.6 Å². The summed E-state index contributed by atoms with van der Waals surface area (Å²) in [4.78, 5) is 37.2. The fraction of sp³-hybridized carbons (Fsp3) is 0.211. The number of amides is 2. The molecule has 2 amide bonds. The Morgan fingerprint density at radius 3 is 2.27 bits per heavy atom. The van der Waals surface area contributed by atoms with Gasteiger partial charge in [-0.15, -0.1) is 10.2 Å². The fourth-order valence-electron chi connectivity index (χ4n) is 2.07. The van der Waals surface area contributed by atoms with Gasteiger partial charge < -0.3 is 9.64 Å². The molecule has 0 atom stereocenters. The minimum atomic E-state index is -0.815. The number of esters is 1. The van der Waals surface area contributed by atoms with Crippen molar-refractivity contribution in [2.45, 2.75) is 6.92 Å². The molecule has 2 rings (SSSR count). The highest BCUT2D eigenvalue weighted by molar-refractivity contribution is 5.96. The van der Waals surface area contributed by atoms with Gasteiger partial charge in [-0.3, -0.25) is 9.59 Å². The number of rotatable bonds is 5. The smallest absolute Gasteiger partial charge is 0.338 e. The van der Waals surface area contributed by atoms with Crippen molar-refractivity contribution in [1.29, 1.82) is 0 Å². The van der Waals surface area contributed by atoms with E-state index in [9.17, 15) is 14.4 Å². The van der Waals surface area contributed by atoms with E-state index in [1.165, 1.54) is 0 Å². The van der Waals surface area contributed by atoms with Crippen molar-refractivity contribution in [1.82, 2.24) is 0 Å². The Labute approximate surface area is 151 Å². The molecule has 0 aliphatic heterocycles. The number of hydrogen-bond donors (Lipinski definition) is 0. The molecular formula is C19H19N3O4. The quantitative estimate of drug-likeness (QED) is 0.609. The van der Waals surface area contributed by atoms with Crippen LogP contribution in [0.4, 0.5) is 5.69 Å². The second kappa shape index (κ2) is 8.66. The van der Waals surface area contributed by atoms with E-state index in [2.05, 4.69) is 10.2 Å². The van der Waals surface area contributed by atoms with Gasteiger partial charge in [0.2, 0.25) is 0 Å². The van der Waals surface area contributed by atoms with Gasteiger partial charge >= 0.3 is 11.9 Å². The molecule has 0 heterocycles. The Morgan fingerprint density at radius 1 is 0.962 bits per heavy atom. The second-order valence-electron chi connectivity index (χ2n) is 5.79. The molecule has 0 N–H and O–H groups in total. The number of carbonyl (C=O) groups is 3. The molecule has 0 aliphatic rings. The molecule has 0 radical (unpaired) electrons. The molecule has 134 valence electrons. The number of benzene rings is 2. The maximum atomic E-state index is 11.9. The average molecular weight is 353 g/mol. The highest BCUT2D eigenvalue weighted by Crippen LogP contribution is 2.13. The van der Waals surface area contributed by atoms with E-state index in [0.717, 1.165) is 11.3 Å². The lowest BCUT2D eigenvalue weighted by atomic mass is 10.1. The number of ether oxygens (including phenoxy) is 1. The van der Waals surface area contributed by atoms with E-state index in [1.807, 2.05) is 32.0 Å². The first kappa shape index (κ1) is 19.0. The summed E-state index contributed by atoms with van der Waals surface area (Å²) in [6.07, 6.45) is 0. The molecule has 0 saturated heterocycles. The maximum absolute atomic E-state index is 11.9. The normalized spacial score (nSPS) is 10.6. The second-order valence-corrected chi connectivity index (χ2v) is 5.79. The van der Waals surface area contributed by atoms with E-state index < -0.39 is 24.4 Å². The zero-order valence-electron chi connectivity index (χ0n) is 14.8. The summed E-state index contributed by atoms with van der Waals surface area (Å²) in [5.41, 5.74) is 2.48. The number of anilines is 1. The molecule has 0 spiro atoms. The molecule has 0 unspecified atom stereocenters. The average Bonchev–Trinajstić information content (AvgIpc) is 2.64. The first-order valence-electron chi connectivity index (χ1n) is 7.87. The molecule has 0 saturated carbocycles. The zero-order chi connectivity index (χ0) is 19.1. The summed E-state index contributed by atoms with van der Waals surface area (Å²) in [5.74, 6) is -2.10. The molecule has 2 aromatic rings. The molecule has 0 aliphatic carbocycles. The molecular weight excluding hydrogens is 334 g/mol. The number of azo groups is 1. The Morgan fingerprint density at radius 2 is 1.65 bits per heavy atom. The molecule has 7 nitrogen and oxygen atoms in total. The molecule has 2 aromatic carbocycles. The van der Waals surface area contributed by atoms with E-state index in [4.69, 9.17) is 4.74 Å². The third-order valence-corrected chi connectivity index (χ3v) is 3.46. The van der Waals surface area contributed by atoms with Gasteiger partial charge in [0.15, 0.2) is 6.61 Å². The predicted octanol–water partition coefficient (Wildman–Crippen LogP) is 3.04. The first-order chi connectivity index (χ1) is 12.4. The minimum Gasteiger partial charge on any atom is -0.452 e. The summed E-state index contributed by atoms with van der Waals surface area (Å²) in [5, 5.41) is 6.64. The van der Waals surface area contributed by atoms with Gasteiger partial charge in [-0.05, 0) is 43.3 Å². The van der Waals surface area contributed by atoms with E-state index in [0.29, 0.717) is 11.1 Å². The van der Waals surface area contributed by atoms with Crippen LogP contribution in [-0.2, 0) is 9.53 Å². The number of carbonyl (C=O) groups excluding carboxylic acids is 3. The van der Waals surface area contributed by atoms with Crippen LogP contribution in [0, 0.1) is 6.92 Å². The van der Waals surface area contributed by atoms with Crippen LogP contribution >= 0.6 is 0 Å². The van der Waals surface area contributed by atoms with Gasteiger partial charge in [-0.1, -0.05) is 17.7 Å². The summed E-state index contributed by atoms with van der Waals surface area (Å²) in [7, 11) is 3.77. The highest BCUT2D eigenvalue weighted by atomic mass is 16.5. The third-order valence-electron chi connectivity index (χ3n) is 3.46. The summed E-state index contributed by atoms with van der Waals surface area (Å²) >= 11 is 0. The predicted molar refractivity (Wildman–Crippen MR) is 96.4 cm³/mol. The van der Waals surface area contributed by atoms with E-state index in [1.54, 1.807) is 42.5 Å². The largest absolute Gasteiger partial charge is 0.452 e. The fourth-order valence-corrected chi connectivity index (χ4v) is 2.07. The van der Waals surface area contributed by atoms with Crippen molar-refractivity contribution >= 4 is 23.5 Å². The Balaban J connectivity index is 1.87. The standard InChI is InChI=1S/C19H19N3O4/c1-13-5-4-6-15(11-13)18(24)21-20-17(23)12-26-19(25)14-7-9-16(10-8-14)22(2)3/h4-11H,12H2,1-3H3. The van der Waals surface area contributed by atoms with E-state index in [-0.39, 0.29) is 0 Å². The SMILES string of the molecule is Cc1cccc(C(=O)N=NC(=O)COC(=O)c2ccc(N(C)C)cc2)c1. The zero-order valence-corrected chi connectivity index (χ0v) is 14.8. The minimum absolute atomic E-state index is 0.316. The van der Waals surface area contributed by atoms with Crippen LogP contribution in [0.5, 0.6) is 0 Å². The van der Waals surface area contributed by atoms with Crippen LogP contribution in [0.25, 0.3) is 0 Å². The maximum Gasteiger partial charge on any atom is 0.338 e. The van der Waals surface area contributed by atoms with Crippen LogP contribution < -0.4 is 4.90 Å². The Kier molecular flexibility index (Phi) is 6.32. The van der Waals surface area contributed by atoms with Crippen LogP contribution in [0.3, 0.4) is 0 Å². The van der Waals surface area contributed by atoms with Gasteiger partial charge in [0.25, 0.3) is 5.91 Å². The van der Waals surface area contributed by atoms with Crippen LogP contribution in [0.15, 0.2) is 58.8 Å². The number of hydrogen-bond acceptors (Lipinski definition) is 5. The Hall–Kier alpha value is -3.35. The van der Waals surface area contributed by atoms with Crippen molar-refractivity contribution in [3.63, 3.8) is 0 Å². The van der Waals surface area contributed by atoms with Crippen molar-refractivity contribution in [3.05, 3.63) is 65.2 Å². The Bertz CT molecular complexity index is 842. The summed E-state index contributed by atoms with van der Waals surface area (Å²) in [6.45, 7) is 1.25. The topological polar surface area (TPSA) is 88.4 Å². The summed E-state index contributed by atoms with van der Waals surface area (Å²) < 4.78 is 4.88. The van der Waals surface area contributed by atoms with Gasteiger partial charge in [-0.2, -0.15) is 0 Å². The van der Waals surface area contributed by atoms with Crippen LogP contribution in [-0.4, -0.2) is 38.5 Å².